The van der Waals surface area contributed by atoms with Gasteiger partial charge in [0.15, 0.2) is 0 Å². The van der Waals surface area contributed by atoms with Crippen LogP contribution in [0.5, 0.6) is 5.75 Å². The van der Waals surface area contributed by atoms with Crippen molar-refractivity contribution in [3.8, 4) is 5.75 Å². The third-order valence-electron chi connectivity index (χ3n) is 4.55. The Hall–Kier alpha value is -3.87. The molecule has 0 unspecified atom stereocenters. The molecule has 1 aromatic heterocycles. The number of ether oxygens (including phenoxy) is 1. The molecule has 0 atom stereocenters. The number of nitrogens with one attached hydrogen (secondary N) is 3. The van der Waals surface area contributed by atoms with Crippen molar-refractivity contribution < 1.29 is 14.3 Å². The maximum atomic E-state index is 12.8. The van der Waals surface area contributed by atoms with E-state index < -0.39 is 0 Å². The van der Waals surface area contributed by atoms with E-state index in [1.165, 1.54) is 0 Å². The van der Waals surface area contributed by atoms with Crippen LogP contribution in [0.3, 0.4) is 0 Å². The van der Waals surface area contributed by atoms with Gasteiger partial charge in [-0.1, -0.05) is 31.2 Å². The zero-order valence-electron chi connectivity index (χ0n) is 17.6. The lowest BCUT2D eigenvalue weighted by molar-refractivity contribution is -0.116. The lowest BCUT2D eigenvalue weighted by Crippen LogP contribution is -2.24. The molecule has 160 valence electrons. The maximum Gasteiger partial charge on any atom is 0.255 e. The monoisotopic (exact) mass is 418 g/mol. The van der Waals surface area contributed by atoms with Crippen LogP contribution in [0.1, 0.15) is 35.7 Å². The van der Waals surface area contributed by atoms with Gasteiger partial charge in [0.05, 0.1) is 18.4 Å². The van der Waals surface area contributed by atoms with Crippen LogP contribution >= 0.6 is 0 Å². The first-order chi connectivity index (χ1) is 15.1. The molecule has 1 heterocycles. The van der Waals surface area contributed by atoms with Crippen molar-refractivity contribution in [1.29, 1.82) is 0 Å². The first kappa shape index (κ1) is 21.8. The fraction of sp³-hybridized carbons (Fsp3) is 0.208. The Morgan fingerprint density at radius 3 is 2.68 bits per heavy atom. The number of nitrogens with zero attached hydrogens (tertiary/aromatic N) is 1. The minimum atomic E-state index is -0.258. The highest BCUT2D eigenvalue weighted by Crippen LogP contribution is 2.27. The number of carbonyl (C=O) groups excluding carboxylic acids is 2. The molecule has 7 nitrogen and oxygen atoms in total. The van der Waals surface area contributed by atoms with Crippen molar-refractivity contribution >= 4 is 29.0 Å². The molecule has 3 aromatic rings. The number of rotatable bonds is 9. The quantitative estimate of drug-likeness (QED) is 0.476. The smallest absolute Gasteiger partial charge is 0.255 e. The Kier molecular flexibility index (Phi) is 7.59. The van der Waals surface area contributed by atoms with Crippen LogP contribution in [-0.4, -0.2) is 23.9 Å². The van der Waals surface area contributed by atoms with Crippen molar-refractivity contribution in [2.75, 3.05) is 17.7 Å². The molecular formula is C24H26N4O3. The Morgan fingerprint density at radius 1 is 1.03 bits per heavy atom. The molecule has 7 heteroatoms. The summed E-state index contributed by atoms with van der Waals surface area (Å²) in [5, 5.41) is 8.95. The summed E-state index contributed by atoms with van der Waals surface area (Å²) >= 11 is 0. The van der Waals surface area contributed by atoms with Gasteiger partial charge in [-0.05, 0) is 48.4 Å². The second-order valence-electron chi connectivity index (χ2n) is 6.91. The Labute approximate surface area is 181 Å². The van der Waals surface area contributed by atoms with Crippen LogP contribution in [0.4, 0.5) is 17.2 Å². The van der Waals surface area contributed by atoms with E-state index in [2.05, 4.69) is 20.9 Å². The lowest BCUT2D eigenvalue weighted by atomic mass is 10.1. The zero-order valence-corrected chi connectivity index (χ0v) is 17.6. The van der Waals surface area contributed by atoms with Crippen LogP contribution < -0.4 is 20.7 Å². The minimum absolute atomic E-state index is 0.0221. The fourth-order valence-corrected chi connectivity index (χ4v) is 3.05. The summed E-state index contributed by atoms with van der Waals surface area (Å²) < 4.78 is 5.36. The Balaban J connectivity index is 1.69. The van der Waals surface area contributed by atoms with E-state index in [1.54, 1.807) is 25.4 Å². The molecule has 0 spiro atoms. The van der Waals surface area contributed by atoms with Gasteiger partial charge in [-0.25, -0.2) is 4.98 Å². The van der Waals surface area contributed by atoms with Crippen molar-refractivity contribution in [1.82, 2.24) is 10.3 Å². The summed E-state index contributed by atoms with van der Waals surface area (Å²) in [5.74, 6) is 0.809. The van der Waals surface area contributed by atoms with Crippen LogP contribution in [0.15, 0.2) is 66.9 Å². The molecule has 3 N–H and O–H groups in total. The molecule has 0 aliphatic heterocycles. The van der Waals surface area contributed by atoms with Gasteiger partial charge in [0.1, 0.15) is 11.6 Å². The topological polar surface area (TPSA) is 92.4 Å². The number of hydrogen-bond donors (Lipinski definition) is 3. The van der Waals surface area contributed by atoms with E-state index in [0.29, 0.717) is 41.5 Å². The number of benzene rings is 2. The molecule has 2 aromatic carbocycles. The van der Waals surface area contributed by atoms with E-state index in [1.807, 2.05) is 55.5 Å². The van der Waals surface area contributed by atoms with Gasteiger partial charge in [-0.2, -0.15) is 0 Å². The minimum Gasteiger partial charge on any atom is -0.495 e. The van der Waals surface area contributed by atoms with Gasteiger partial charge in [-0.3, -0.25) is 9.59 Å². The molecule has 3 rings (SSSR count). The standard InChI is InChI=1S/C24H26N4O3/c1-3-8-22(29)27-18-10-6-9-17(15-18)16-26-24(30)19-11-7-14-25-23(19)28-20-12-4-5-13-21(20)31-2/h4-7,9-15H,3,8,16H2,1-2H3,(H,25,28)(H,26,30)(H,27,29). The third-order valence-corrected chi connectivity index (χ3v) is 4.55. The van der Waals surface area contributed by atoms with Gasteiger partial charge in [0.2, 0.25) is 5.91 Å². The SMILES string of the molecule is CCCC(=O)Nc1cccc(CNC(=O)c2cccnc2Nc2ccccc2OC)c1. The summed E-state index contributed by atoms with van der Waals surface area (Å²) in [6, 6.07) is 18.3. The van der Waals surface area contributed by atoms with Gasteiger partial charge in [0, 0.05) is 24.8 Å². The third kappa shape index (κ3) is 6.05. The van der Waals surface area contributed by atoms with Gasteiger partial charge >= 0.3 is 0 Å². The predicted octanol–water partition coefficient (Wildman–Crippen LogP) is 4.50. The summed E-state index contributed by atoms with van der Waals surface area (Å²) in [6.07, 6.45) is 2.89. The van der Waals surface area contributed by atoms with E-state index >= 15 is 0 Å². The second kappa shape index (κ2) is 10.8. The number of anilines is 3. The number of pyridine rings is 1. The molecule has 31 heavy (non-hydrogen) atoms. The lowest BCUT2D eigenvalue weighted by Gasteiger charge is -2.14. The molecule has 0 aliphatic rings. The second-order valence-corrected chi connectivity index (χ2v) is 6.91. The largest absolute Gasteiger partial charge is 0.495 e. The highest BCUT2D eigenvalue weighted by atomic mass is 16.5. The molecule has 2 amide bonds. The number of amides is 2. The van der Waals surface area contributed by atoms with E-state index in [4.69, 9.17) is 4.74 Å². The summed E-state index contributed by atoms with van der Waals surface area (Å²) in [7, 11) is 1.59. The molecular weight excluding hydrogens is 392 g/mol. The van der Waals surface area contributed by atoms with Crippen molar-refractivity contribution in [3.63, 3.8) is 0 Å². The molecule has 0 saturated heterocycles. The highest BCUT2D eigenvalue weighted by Gasteiger charge is 2.14. The number of aromatic nitrogens is 1. The molecule has 0 radical (unpaired) electrons. The van der Waals surface area contributed by atoms with Crippen LogP contribution in [0.2, 0.25) is 0 Å². The fourth-order valence-electron chi connectivity index (χ4n) is 3.05. The highest BCUT2D eigenvalue weighted by molar-refractivity contribution is 5.99. The summed E-state index contributed by atoms with van der Waals surface area (Å²) in [5.41, 5.74) is 2.73. The normalized spacial score (nSPS) is 10.3. The first-order valence-electron chi connectivity index (χ1n) is 10.1. The van der Waals surface area contributed by atoms with Crippen LogP contribution in [-0.2, 0) is 11.3 Å². The zero-order chi connectivity index (χ0) is 22.1. The van der Waals surface area contributed by atoms with Crippen LogP contribution in [0, 0.1) is 0 Å². The van der Waals surface area contributed by atoms with Crippen molar-refractivity contribution in [3.05, 3.63) is 78.0 Å². The summed E-state index contributed by atoms with van der Waals surface area (Å²) in [6.45, 7) is 2.28. The Morgan fingerprint density at radius 2 is 1.87 bits per heavy atom. The number of methoxy groups -OCH3 is 1. The molecule has 0 saturated carbocycles. The van der Waals surface area contributed by atoms with Gasteiger partial charge in [0.25, 0.3) is 5.91 Å². The van der Waals surface area contributed by atoms with Crippen molar-refractivity contribution in [2.24, 2.45) is 0 Å². The van der Waals surface area contributed by atoms with Crippen molar-refractivity contribution in [2.45, 2.75) is 26.3 Å². The van der Waals surface area contributed by atoms with Crippen LogP contribution in [0.25, 0.3) is 0 Å². The molecule has 0 bridgehead atoms. The van der Waals surface area contributed by atoms with E-state index in [0.717, 1.165) is 12.0 Å². The first-order valence-corrected chi connectivity index (χ1v) is 10.1. The van der Waals surface area contributed by atoms with E-state index in [-0.39, 0.29) is 11.8 Å². The molecule has 0 fully saturated rings. The van der Waals surface area contributed by atoms with E-state index in [9.17, 15) is 9.59 Å². The number of hydrogen-bond acceptors (Lipinski definition) is 5. The number of para-hydroxylation sites is 2. The Bertz CT molecular complexity index is 1050. The maximum absolute atomic E-state index is 12.8. The average molecular weight is 418 g/mol. The number of carbonyl (C=O) groups is 2. The average Bonchev–Trinajstić information content (AvgIpc) is 2.78. The van der Waals surface area contributed by atoms with Gasteiger partial charge < -0.3 is 20.7 Å². The summed E-state index contributed by atoms with van der Waals surface area (Å²) in [4.78, 5) is 29.0. The van der Waals surface area contributed by atoms with Gasteiger partial charge in [-0.15, -0.1) is 0 Å². The predicted molar refractivity (Wildman–Crippen MR) is 122 cm³/mol. The molecule has 0 aliphatic carbocycles.